The molecule has 1 aromatic heterocycles. The molecule has 0 N–H and O–H groups in total. The highest BCUT2D eigenvalue weighted by Gasteiger charge is 2.14. The minimum Gasteiger partial charge on any atom is -0.464 e. The number of esters is 1. The number of nitrogens with zero attached hydrogens (tertiary/aromatic N) is 2. The number of methoxy groups -OCH3 is 1. The summed E-state index contributed by atoms with van der Waals surface area (Å²) in [6.45, 7) is 0. The Kier molecular flexibility index (Phi) is 3.62. The number of rotatable bonds is 2. The molecule has 70 valence electrons. The summed E-state index contributed by atoms with van der Waals surface area (Å²) in [5.74, 6) is -0.583. The van der Waals surface area contributed by atoms with E-state index in [0.717, 1.165) is 0 Å². The molecule has 0 unspecified atom stereocenters. The summed E-state index contributed by atoms with van der Waals surface area (Å²) in [6, 6.07) is 0. The highest BCUT2D eigenvalue weighted by Crippen LogP contribution is 2.12. The Hall–Kier alpha value is -0.680. The molecule has 0 aliphatic heterocycles. The van der Waals surface area contributed by atoms with Gasteiger partial charge < -0.3 is 4.74 Å². The highest BCUT2D eigenvalue weighted by atomic mass is 79.9. The maximum Gasteiger partial charge on any atom is 0.359 e. The zero-order valence-electron chi connectivity index (χ0n) is 6.75. The van der Waals surface area contributed by atoms with Crippen LogP contribution < -0.4 is 0 Å². The Morgan fingerprint density at radius 3 is 3.00 bits per heavy atom. The third kappa shape index (κ3) is 2.38. The Morgan fingerprint density at radius 2 is 2.46 bits per heavy atom. The molecular formula is C7H6BrClN2O2. The molecule has 13 heavy (non-hydrogen) atoms. The van der Waals surface area contributed by atoms with E-state index in [1.54, 1.807) is 0 Å². The molecule has 6 heteroatoms. The van der Waals surface area contributed by atoms with Gasteiger partial charge in [-0.15, -0.1) is 0 Å². The lowest BCUT2D eigenvalue weighted by atomic mass is 10.4. The van der Waals surface area contributed by atoms with Gasteiger partial charge in [-0.3, -0.25) is 0 Å². The van der Waals surface area contributed by atoms with Gasteiger partial charge in [0.05, 0.1) is 19.0 Å². The minimum atomic E-state index is -0.583. The van der Waals surface area contributed by atoms with E-state index in [2.05, 4.69) is 30.6 Å². The van der Waals surface area contributed by atoms with Gasteiger partial charge in [0.15, 0.2) is 10.8 Å². The number of carbonyl (C=O) groups is 1. The lowest BCUT2D eigenvalue weighted by molar-refractivity contribution is 0.0593. The molecule has 0 atom stereocenters. The molecule has 4 nitrogen and oxygen atoms in total. The Balaban J connectivity index is 3.11. The summed E-state index contributed by atoms with van der Waals surface area (Å²) in [5, 5.41) is 0.567. The second kappa shape index (κ2) is 4.53. The number of hydrogen-bond acceptors (Lipinski definition) is 4. The second-order valence-corrected chi connectivity index (χ2v) is 3.04. The van der Waals surface area contributed by atoms with Crippen molar-refractivity contribution >= 4 is 33.5 Å². The van der Waals surface area contributed by atoms with Crippen LogP contribution in [0.3, 0.4) is 0 Å². The van der Waals surface area contributed by atoms with Crippen LogP contribution in [-0.2, 0) is 10.1 Å². The van der Waals surface area contributed by atoms with Gasteiger partial charge in [-0.05, 0) is 0 Å². The zero-order chi connectivity index (χ0) is 9.84. The van der Waals surface area contributed by atoms with Gasteiger partial charge in [-0.1, -0.05) is 27.5 Å². The number of alkyl halides is 1. The molecule has 0 bridgehead atoms. The molecule has 0 amide bonds. The van der Waals surface area contributed by atoms with Crippen molar-refractivity contribution in [3.63, 3.8) is 0 Å². The summed E-state index contributed by atoms with van der Waals surface area (Å²) in [5.41, 5.74) is 0.672. The van der Waals surface area contributed by atoms with Crippen LogP contribution in [0.15, 0.2) is 6.20 Å². The lowest BCUT2D eigenvalue weighted by Crippen LogP contribution is -2.07. The molecule has 1 heterocycles. The van der Waals surface area contributed by atoms with Gasteiger partial charge in [0.25, 0.3) is 0 Å². The van der Waals surface area contributed by atoms with Crippen LogP contribution in [0.2, 0.25) is 5.15 Å². The summed E-state index contributed by atoms with van der Waals surface area (Å²) >= 11 is 8.83. The van der Waals surface area contributed by atoms with Crippen molar-refractivity contribution in [1.29, 1.82) is 0 Å². The van der Waals surface area contributed by atoms with E-state index >= 15 is 0 Å². The number of ether oxygens (including phenoxy) is 1. The van der Waals surface area contributed by atoms with Gasteiger partial charge >= 0.3 is 5.97 Å². The van der Waals surface area contributed by atoms with Crippen LogP contribution in [0, 0.1) is 0 Å². The van der Waals surface area contributed by atoms with Crippen molar-refractivity contribution in [1.82, 2.24) is 9.97 Å². The third-order valence-corrected chi connectivity index (χ3v) is 2.14. The molecule has 1 aromatic rings. The van der Waals surface area contributed by atoms with Crippen molar-refractivity contribution < 1.29 is 9.53 Å². The smallest absolute Gasteiger partial charge is 0.359 e. The SMILES string of the molecule is COC(=O)c1nc(CBr)cnc1Cl. The Labute approximate surface area is 88.4 Å². The van der Waals surface area contributed by atoms with Crippen molar-refractivity contribution in [2.75, 3.05) is 7.11 Å². The first-order valence-electron chi connectivity index (χ1n) is 3.34. The first kappa shape index (κ1) is 10.4. The molecule has 0 radical (unpaired) electrons. The number of carbonyl (C=O) groups excluding carboxylic acids is 1. The predicted molar refractivity (Wildman–Crippen MR) is 51.0 cm³/mol. The second-order valence-electron chi connectivity index (χ2n) is 2.13. The van der Waals surface area contributed by atoms with E-state index in [1.165, 1.54) is 13.3 Å². The van der Waals surface area contributed by atoms with E-state index < -0.39 is 5.97 Å². The van der Waals surface area contributed by atoms with Gasteiger partial charge in [0.2, 0.25) is 0 Å². The number of halogens is 2. The van der Waals surface area contributed by atoms with Crippen LogP contribution in [0.5, 0.6) is 0 Å². The van der Waals surface area contributed by atoms with E-state index in [4.69, 9.17) is 11.6 Å². The summed E-state index contributed by atoms with van der Waals surface area (Å²) in [7, 11) is 1.27. The molecule has 0 aliphatic carbocycles. The van der Waals surface area contributed by atoms with Gasteiger partial charge in [-0.2, -0.15) is 0 Å². The molecule has 1 rings (SSSR count). The lowest BCUT2D eigenvalue weighted by Gasteiger charge is -2.01. The van der Waals surface area contributed by atoms with E-state index in [1.807, 2.05) is 0 Å². The highest BCUT2D eigenvalue weighted by molar-refractivity contribution is 9.08. The molecule has 0 fully saturated rings. The first-order valence-corrected chi connectivity index (χ1v) is 4.84. The van der Waals surface area contributed by atoms with Crippen LogP contribution in [0.4, 0.5) is 0 Å². The average molecular weight is 265 g/mol. The van der Waals surface area contributed by atoms with Crippen LogP contribution >= 0.6 is 27.5 Å². The Bertz CT molecular complexity index is 332. The molecule has 0 spiro atoms. The Morgan fingerprint density at radius 1 is 1.77 bits per heavy atom. The van der Waals surface area contributed by atoms with Crippen molar-refractivity contribution in [2.24, 2.45) is 0 Å². The van der Waals surface area contributed by atoms with Crippen molar-refractivity contribution in [3.05, 3.63) is 22.7 Å². The van der Waals surface area contributed by atoms with Crippen LogP contribution in [0.1, 0.15) is 16.2 Å². The largest absolute Gasteiger partial charge is 0.464 e. The van der Waals surface area contributed by atoms with Gasteiger partial charge in [0.1, 0.15) is 0 Å². The molecule has 0 saturated heterocycles. The molecular weight excluding hydrogens is 259 g/mol. The molecule has 0 saturated carbocycles. The average Bonchev–Trinajstić information content (AvgIpc) is 2.17. The summed E-state index contributed by atoms with van der Waals surface area (Å²) in [6.07, 6.45) is 1.49. The minimum absolute atomic E-state index is 0.0427. The van der Waals surface area contributed by atoms with E-state index in [9.17, 15) is 4.79 Å². The van der Waals surface area contributed by atoms with Crippen molar-refractivity contribution in [2.45, 2.75) is 5.33 Å². The molecule has 0 aliphatic rings. The maximum absolute atomic E-state index is 11.1. The monoisotopic (exact) mass is 264 g/mol. The predicted octanol–water partition coefficient (Wildman–Crippen LogP) is 1.81. The fourth-order valence-electron chi connectivity index (χ4n) is 0.702. The maximum atomic E-state index is 11.1. The first-order chi connectivity index (χ1) is 6.19. The fraction of sp³-hybridized carbons (Fsp3) is 0.286. The van der Waals surface area contributed by atoms with Crippen molar-refractivity contribution in [3.8, 4) is 0 Å². The van der Waals surface area contributed by atoms with Crippen LogP contribution in [0.25, 0.3) is 0 Å². The molecule has 0 aromatic carbocycles. The fourth-order valence-corrected chi connectivity index (χ4v) is 1.14. The summed E-state index contributed by atoms with van der Waals surface area (Å²) < 4.78 is 4.48. The van der Waals surface area contributed by atoms with E-state index in [0.29, 0.717) is 11.0 Å². The van der Waals surface area contributed by atoms with Gasteiger partial charge in [0, 0.05) is 5.33 Å². The van der Waals surface area contributed by atoms with E-state index in [-0.39, 0.29) is 10.8 Å². The van der Waals surface area contributed by atoms with Gasteiger partial charge in [-0.25, -0.2) is 14.8 Å². The zero-order valence-corrected chi connectivity index (χ0v) is 9.09. The quantitative estimate of drug-likeness (QED) is 0.604. The normalized spacial score (nSPS) is 9.77. The number of aromatic nitrogens is 2. The van der Waals surface area contributed by atoms with Crippen LogP contribution in [-0.4, -0.2) is 23.0 Å². The number of hydrogen-bond donors (Lipinski definition) is 0. The third-order valence-electron chi connectivity index (χ3n) is 1.29. The standard InChI is InChI=1S/C7H6BrClN2O2/c1-13-7(12)5-6(9)10-3-4(2-8)11-5/h3H,2H2,1H3. The summed E-state index contributed by atoms with van der Waals surface area (Å²) in [4.78, 5) is 18.8. The topological polar surface area (TPSA) is 52.1 Å².